The van der Waals surface area contributed by atoms with Gasteiger partial charge >= 0.3 is 11.9 Å². The van der Waals surface area contributed by atoms with E-state index < -0.39 is 27.9 Å². The van der Waals surface area contributed by atoms with Crippen LogP contribution in [-0.2, 0) is 6.18 Å². The molecule has 0 bridgehead atoms. The van der Waals surface area contributed by atoms with Crippen molar-refractivity contribution in [2.45, 2.75) is 32.5 Å². The van der Waals surface area contributed by atoms with Gasteiger partial charge in [0.2, 0.25) is 11.6 Å². The van der Waals surface area contributed by atoms with Crippen molar-refractivity contribution in [1.82, 2.24) is 9.97 Å². The van der Waals surface area contributed by atoms with Gasteiger partial charge in [-0.05, 0) is 32.9 Å². The van der Waals surface area contributed by atoms with Gasteiger partial charge in [0.05, 0.1) is 16.2 Å². The van der Waals surface area contributed by atoms with Crippen LogP contribution in [0.4, 0.5) is 36.2 Å². The summed E-state index contributed by atoms with van der Waals surface area (Å²) >= 11 is 0. The van der Waals surface area contributed by atoms with Crippen molar-refractivity contribution in [1.29, 1.82) is 0 Å². The SMILES string of the molecule is CC(C)(C)Nc1ncnc(Nc2ccccc2C(F)(F)F)c1[N+](=O)[O-]. The van der Waals surface area contributed by atoms with E-state index in [0.717, 1.165) is 12.4 Å². The van der Waals surface area contributed by atoms with Gasteiger partial charge in [-0.3, -0.25) is 10.1 Å². The van der Waals surface area contributed by atoms with E-state index in [2.05, 4.69) is 20.6 Å². The van der Waals surface area contributed by atoms with Crippen molar-refractivity contribution in [3.63, 3.8) is 0 Å². The minimum Gasteiger partial charge on any atom is -0.360 e. The zero-order valence-electron chi connectivity index (χ0n) is 13.7. The van der Waals surface area contributed by atoms with Crippen LogP contribution in [0.1, 0.15) is 26.3 Å². The van der Waals surface area contributed by atoms with E-state index in [1.165, 1.54) is 18.2 Å². The van der Waals surface area contributed by atoms with Crippen LogP contribution >= 0.6 is 0 Å². The van der Waals surface area contributed by atoms with Crippen molar-refractivity contribution in [2.24, 2.45) is 0 Å². The van der Waals surface area contributed by atoms with Crippen molar-refractivity contribution in [3.05, 3.63) is 46.3 Å². The Labute approximate surface area is 141 Å². The largest absolute Gasteiger partial charge is 0.418 e. The molecule has 0 atom stereocenters. The first-order valence-corrected chi connectivity index (χ1v) is 7.20. The van der Waals surface area contributed by atoms with E-state index in [0.29, 0.717) is 0 Å². The van der Waals surface area contributed by atoms with Gasteiger partial charge < -0.3 is 10.6 Å². The Kier molecular flexibility index (Phi) is 4.82. The molecule has 2 N–H and O–H groups in total. The highest BCUT2D eigenvalue weighted by Gasteiger charge is 2.34. The maximum Gasteiger partial charge on any atom is 0.418 e. The summed E-state index contributed by atoms with van der Waals surface area (Å²) in [7, 11) is 0. The lowest BCUT2D eigenvalue weighted by atomic mass is 10.1. The summed E-state index contributed by atoms with van der Waals surface area (Å²) < 4.78 is 39.3. The lowest BCUT2D eigenvalue weighted by molar-refractivity contribution is -0.383. The summed E-state index contributed by atoms with van der Waals surface area (Å²) in [6.45, 7) is 5.31. The highest BCUT2D eigenvalue weighted by molar-refractivity contribution is 5.75. The molecule has 0 saturated carbocycles. The standard InChI is InChI=1S/C15H16F3N5O2/c1-14(2,3)22-13-11(23(24)25)12(19-8-20-13)21-10-7-5-4-6-9(10)15(16,17)18/h4-8H,1-3H3,(H2,19,20,21,22). The van der Waals surface area contributed by atoms with Crippen molar-refractivity contribution >= 4 is 23.0 Å². The predicted octanol–water partition coefficient (Wildman–Crippen LogP) is 4.36. The summed E-state index contributed by atoms with van der Waals surface area (Å²) in [4.78, 5) is 18.3. The van der Waals surface area contributed by atoms with Crippen molar-refractivity contribution < 1.29 is 18.1 Å². The normalized spacial score (nSPS) is 11.9. The summed E-state index contributed by atoms with van der Waals surface area (Å²) in [5.41, 5.74) is -2.36. The number of anilines is 3. The van der Waals surface area contributed by atoms with Crippen molar-refractivity contribution in [3.8, 4) is 0 Å². The molecule has 25 heavy (non-hydrogen) atoms. The van der Waals surface area contributed by atoms with Crippen molar-refractivity contribution in [2.75, 3.05) is 10.6 Å². The number of aromatic nitrogens is 2. The van der Waals surface area contributed by atoms with E-state index in [-0.39, 0.29) is 17.3 Å². The summed E-state index contributed by atoms with van der Waals surface area (Å²) in [5.74, 6) is -0.414. The summed E-state index contributed by atoms with van der Waals surface area (Å²) in [6, 6.07) is 4.67. The molecule has 0 fully saturated rings. The number of rotatable bonds is 4. The van der Waals surface area contributed by atoms with Crippen LogP contribution in [0.5, 0.6) is 0 Å². The van der Waals surface area contributed by atoms with E-state index in [1.807, 2.05) is 0 Å². The van der Waals surface area contributed by atoms with Crippen LogP contribution in [0, 0.1) is 10.1 Å². The lowest BCUT2D eigenvalue weighted by Gasteiger charge is -2.21. The Balaban J connectivity index is 2.51. The number of hydrogen-bond donors (Lipinski definition) is 2. The average molecular weight is 355 g/mol. The predicted molar refractivity (Wildman–Crippen MR) is 86.8 cm³/mol. The van der Waals surface area contributed by atoms with Gasteiger partial charge in [0.25, 0.3) is 0 Å². The fourth-order valence-corrected chi connectivity index (χ4v) is 2.06. The third kappa shape index (κ3) is 4.55. The molecular formula is C15H16F3N5O2. The molecule has 7 nitrogen and oxygen atoms in total. The van der Waals surface area contributed by atoms with Gasteiger partial charge in [-0.1, -0.05) is 12.1 Å². The van der Waals surface area contributed by atoms with Crippen LogP contribution in [-0.4, -0.2) is 20.4 Å². The monoisotopic (exact) mass is 355 g/mol. The Bertz CT molecular complexity index is 787. The first kappa shape index (κ1) is 18.4. The summed E-state index contributed by atoms with van der Waals surface area (Å²) in [5, 5.41) is 16.7. The second kappa shape index (κ2) is 6.54. The molecule has 0 saturated heterocycles. The topological polar surface area (TPSA) is 93.0 Å². The molecule has 0 aliphatic rings. The van der Waals surface area contributed by atoms with E-state index in [4.69, 9.17) is 0 Å². The molecule has 10 heteroatoms. The zero-order valence-corrected chi connectivity index (χ0v) is 13.7. The molecule has 2 aromatic rings. The Hall–Kier alpha value is -2.91. The maximum atomic E-state index is 13.1. The Morgan fingerprint density at radius 3 is 2.24 bits per heavy atom. The molecule has 0 amide bonds. The molecule has 0 aliphatic carbocycles. The quantitative estimate of drug-likeness (QED) is 0.625. The molecule has 0 radical (unpaired) electrons. The lowest BCUT2D eigenvalue weighted by Crippen LogP contribution is -2.27. The Morgan fingerprint density at radius 2 is 1.68 bits per heavy atom. The van der Waals surface area contributed by atoms with Gasteiger partial charge in [0.15, 0.2) is 0 Å². The molecule has 134 valence electrons. The maximum absolute atomic E-state index is 13.1. The Morgan fingerprint density at radius 1 is 1.08 bits per heavy atom. The molecule has 0 spiro atoms. The highest BCUT2D eigenvalue weighted by atomic mass is 19.4. The van der Waals surface area contributed by atoms with Gasteiger partial charge in [-0.2, -0.15) is 13.2 Å². The zero-order chi connectivity index (χ0) is 18.8. The third-order valence-electron chi connectivity index (χ3n) is 2.98. The van der Waals surface area contributed by atoms with Gasteiger partial charge in [-0.25, -0.2) is 9.97 Å². The molecule has 1 aromatic carbocycles. The molecule has 0 unspecified atom stereocenters. The molecule has 2 rings (SSSR count). The first-order valence-electron chi connectivity index (χ1n) is 7.20. The van der Waals surface area contributed by atoms with E-state index >= 15 is 0 Å². The molecule has 1 aromatic heterocycles. The smallest absolute Gasteiger partial charge is 0.360 e. The van der Waals surface area contributed by atoms with E-state index in [9.17, 15) is 23.3 Å². The van der Waals surface area contributed by atoms with Crippen LogP contribution in [0.15, 0.2) is 30.6 Å². The number of benzene rings is 1. The fourth-order valence-electron chi connectivity index (χ4n) is 2.06. The van der Waals surface area contributed by atoms with Crippen LogP contribution in [0.3, 0.4) is 0 Å². The van der Waals surface area contributed by atoms with Gasteiger partial charge in [0.1, 0.15) is 6.33 Å². The molecule has 0 aliphatic heterocycles. The minimum atomic E-state index is -4.61. The second-order valence-corrected chi connectivity index (χ2v) is 6.22. The van der Waals surface area contributed by atoms with Gasteiger partial charge in [-0.15, -0.1) is 0 Å². The van der Waals surface area contributed by atoms with Crippen LogP contribution in [0.2, 0.25) is 0 Å². The minimum absolute atomic E-state index is 0.0838. The third-order valence-corrected chi connectivity index (χ3v) is 2.98. The number of halogens is 3. The number of nitrogens with one attached hydrogen (secondary N) is 2. The molecular weight excluding hydrogens is 339 g/mol. The van der Waals surface area contributed by atoms with Crippen LogP contribution < -0.4 is 10.6 Å². The number of para-hydroxylation sites is 1. The second-order valence-electron chi connectivity index (χ2n) is 6.22. The van der Waals surface area contributed by atoms with Crippen LogP contribution in [0.25, 0.3) is 0 Å². The number of nitro groups is 1. The fraction of sp³-hybridized carbons (Fsp3) is 0.333. The van der Waals surface area contributed by atoms with E-state index in [1.54, 1.807) is 20.8 Å². The summed E-state index contributed by atoms with van der Waals surface area (Å²) in [6.07, 6.45) is -3.57. The number of nitrogens with zero attached hydrogens (tertiary/aromatic N) is 3. The number of alkyl halides is 3. The number of hydrogen-bond acceptors (Lipinski definition) is 6. The first-order chi connectivity index (χ1) is 11.5. The van der Waals surface area contributed by atoms with Gasteiger partial charge in [0, 0.05) is 5.54 Å². The molecule has 1 heterocycles. The average Bonchev–Trinajstić information content (AvgIpc) is 2.44. The highest BCUT2D eigenvalue weighted by Crippen LogP contribution is 2.38.